The van der Waals surface area contributed by atoms with E-state index in [-0.39, 0.29) is 24.3 Å². The molecule has 2 N–H and O–H groups in total. The number of fused-ring (bicyclic) bond motifs is 1. The van der Waals surface area contributed by atoms with Crippen molar-refractivity contribution in [1.82, 2.24) is 25.0 Å². The predicted molar refractivity (Wildman–Crippen MR) is 200 cm³/mol. The number of rotatable bonds is 8. The molecule has 8 nitrogen and oxygen atoms in total. The second-order valence-electron chi connectivity index (χ2n) is 13.0. The number of carbonyl (C=O) groups is 3. The molecule has 50 heavy (non-hydrogen) atoms. The highest BCUT2D eigenvalue weighted by Gasteiger charge is 2.60. The van der Waals surface area contributed by atoms with Crippen molar-refractivity contribution in [3.05, 3.63) is 125 Å². The van der Waals surface area contributed by atoms with E-state index in [1.165, 1.54) is 11.8 Å². The number of H-pyrrole nitrogens is 1. The number of amides is 4. The number of thioether (sulfide) groups is 1. The fourth-order valence-electron chi connectivity index (χ4n) is 7.18. The zero-order valence-corrected chi connectivity index (χ0v) is 29.8. The van der Waals surface area contributed by atoms with Gasteiger partial charge in [-0.05, 0) is 54.8 Å². The van der Waals surface area contributed by atoms with Crippen LogP contribution in [0.5, 0.6) is 0 Å². The Labute approximate surface area is 301 Å². The van der Waals surface area contributed by atoms with Crippen LogP contribution in [0.3, 0.4) is 0 Å². The Hall–Kier alpha value is -4.73. The number of carbonyl (C=O) groups excluding carboxylic acids is 3. The summed E-state index contributed by atoms with van der Waals surface area (Å²) in [4.78, 5) is 52.1. The average Bonchev–Trinajstić information content (AvgIpc) is 3.66. The smallest absolute Gasteiger partial charge is 0.317 e. The fraction of sp³-hybridized carbons (Fsp3) is 0.275. The van der Waals surface area contributed by atoms with E-state index in [2.05, 4.69) is 46.7 Å². The van der Waals surface area contributed by atoms with Crippen LogP contribution < -0.4 is 5.32 Å². The number of urea groups is 1. The molecule has 2 aliphatic rings. The number of aromatic nitrogens is 1. The molecule has 1 aromatic heterocycles. The standard InChI is InChI=1S/C40H40ClN5O3S/c1-3-42-39(49)45-21-19-44(20-22-45)38(48)40(50-32-16-9-27(2)10-17-32)24-36(47)46(37(40)34-25-43-35-23-31(41)15-18-33(34)35)26-28-11-13-30(14-12-28)29-7-5-4-6-8-29/h4-18,23,25,37,43H,3,19-22,24,26H2,1-2H3,(H,42,49). The molecule has 256 valence electrons. The van der Waals surface area contributed by atoms with Gasteiger partial charge in [0.2, 0.25) is 11.8 Å². The average molecular weight is 706 g/mol. The Morgan fingerprint density at radius 2 is 1.58 bits per heavy atom. The molecule has 2 unspecified atom stereocenters. The molecular weight excluding hydrogens is 666 g/mol. The van der Waals surface area contributed by atoms with E-state index >= 15 is 4.79 Å². The first kappa shape index (κ1) is 33.8. The van der Waals surface area contributed by atoms with Crippen molar-refractivity contribution in [2.24, 2.45) is 0 Å². The number of nitrogens with zero attached hydrogens (tertiary/aromatic N) is 3. The van der Waals surface area contributed by atoms with Crippen LogP contribution in [0.15, 0.2) is 108 Å². The first-order valence-electron chi connectivity index (χ1n) is 17.0. The SMILES string of the molecule is CCNC(=O)N1CCN(C(=O)C2(Sc3ccc(C)cc3)CC(=O)N(Cc3ccc(-c4ccccc4)cc3)C2c2c[nH]c3cc(Cl)ccc23)CC1. The minimum absolute atomic E-state index is 0.0357. The van der Waals surface area contributed by atoms with E-state index in [1.807, 2.05) is 90.5 Å². The van der Waals surface area contributed by atoms with E-state index < -0.39 is 10.8 Å². The molecule has 4 aromatic carbocycles. The van der Waals surface area contributed by atoms with Crippen molar-refractivity contribution in [3.8, 4) is 11.1 Å². The van der Waals surface area contributed by atoms with Crippen LogP contribution in [0.4, 0.5) is 4.79 Å². The largest absolute Gasteiger partial charge is 0.361 e. The van der Waals surface area contributed by atoms with Gasteiger partial charge in [-0.15, -0.1) is 11.8 Å². The topological polar surface area (TPSA) is 88.8 Å². The fourth-order valence-corrected chi connectivity index (χ4v) is 8.82. The molecule has 0 bridgehead atoms. The zero-order valence-electron chi connectivity index (χ0n) is 28.2. The molecule has 0 aliphatic carbocycles. The first-order chi connectivity index (χ1) is 24.3. The summed E-state index contributed by atoms with van der Waals surface area (Å²) in [6.45, 7) is 6.42. The van der Waals surface area contributed by atoms with Crippen LogP contribution in [0.2, 0.25) is 5.02 Å². The number of nitrogens with one attached hydrogen (secondary N) is 2. The number of benzene rings is 4. The minimum atomic E-state index is -1.18. The summed E-state index contributed by atoms with van der Waals surface area (Å²) >= 11 is 7.88. The van der Waals surface area contributed by atoms with Crippen molar-refractivity contribution in [2.45, 2.75) is 42.5 Å². The molecule has 3 heterocycles. The number of piperazine rings is 1. The summed E-state index contributed by atoms with van der Waals surface area (Å²) in [7, 11) is 0. The third kappa shape index (κ3) is 6.60. The Bertz CT molecular complexity index is 2010. The van der Waals surface area contributed by atoms with Gasteiger partial charge in [0.05, 0.1) is 12.5 Å². The molecule has 0 spiro atoms. The molecule has 2 saturated heterocycles. The van der Waals surface area contributed by atoms with E-state index in [0.717, 1.165) is 43.6 Å². The molecule has 0 radical (unpaired) electrons. The van der Waals surface area contributed by atoms with Crippen LogP contribution in [-0.2, 0) is 16.1 Å². The lowest BCUT2D eigenvalue weighted by molar-refractivity contribution is -0.136. The van der Waals surface area contributed by atoms with Crippen LogP contribution >= 0.6 is 23.4 Å². The number of likely N-dealkylation sites (tertiary alicyclic amines) is 1. The number of hydrogen-bond donors (Lipinski definition) is 2. The van der Waals surface area contributed by atoms with E-state index in [4.69, 9.17) is 11.6 Å². The van der Waals surface area contributed by atoms with E-state index in [0.29, 0.717) is 44.3 Å². The number of hydrogen-bond acceptors (Lipinski definition) is 4. The van der Waals surface area contributed by atoms with E-state index in [9.17, 15) is 9.59 Å². The lowest BCUT2D eigenvalue weighted by Gasteiger charge is -2.42. The molecule has 2 aliphatic heterocycles. The predicted octanol–water partition coefficient (Wildman–Crippen LogP) is 7.68. The van der Waals surface area contributed by atoms with Gasteiger partial charge in [0, 0.05) is 71.8 Å². The van der Waals surface area contributed by atoms with Gasteiger partial charge in [-0.3, -0.25) is 9.59 Å². The van der Waals surface area contributed by atoms with Crippen molar-refractivity contribution in [1.29, 1.82) is 0 Å². The van der Waals surface area contributed by atoms with Gasteiger partial charge in [-0.1, -0.05) is 90.0 Å². The lowest BCUT2D eigenvalue weighted by atomic mass is 9.90. The Morgan fingerprint density at radius 3 is 2.28 bits per heavy atom. The Balaban J connectivity index is 1.31. The van der Waals surface area contributed by atoms with Gasteiger partial charge in [-0.25, -0.2) is 4.79 Å². The second kappa shape index (κ2) is 14.2. The van der Waals surface area contributed by atoms with Gasteiger partial charge in [-0.2, -0.15) is 0 Å². The second-order valence-corrected chi connectivity index (χ2v) is 14.9. The van der Waals surface area contributed by atoms with Crippen LogP contribution in [0.25, 0.3) is 22.0 Å². The summed E-state index contributed by atoms with van der Waals surface area (Å²) in [6.07, 6.45) is 1.97. The normalized spacial score (nSPS) is 19.3. The van der Waals surface area contributed by atoms with Crippen molar-refractivity contribution in [3.63, 3.8) is 0 Å². The van der Waals surface area contributed by atoms with Gasteiger partial charge in [0.25, 0.3) is 0 Å². The maximum Gasteiger partial charge on any atom is 0.317 e. The highest BCUT2D eigenvalue weighted by molar-refractivity contribution is 8.01. The monoisotopic (exact) mass is 705 g/mol. The van der Waals surface area contributed by atoms with Crippen molar-refractivity contribution in [2.75, 3.05) is 32.7 Å². The zero-order chi connectivity index (χ0) is 34.8. The van der Waals surface area contributed by atoms with Crippen LogP contribution in [0, 0.1) is 6.92 Å². The molecule has 4 amide bonds. The summed E-state index contributed by atoms with van der Waals surface area (Å²) in [6, 6.07) is 31.6. The molecule has 10 heteroatoms. The van der Waals surface area contributed by atoms with Gasteiger partial charge in [0.1, 0.15) is 4.75 Å². The number of aryl methyl sites for hydroxylation is 1. The van der Waals surface area contributed by atoms with Crippen LogP contribution in [0.1, 0.15) is 36.1 Å². The van der Waals surface area contributed by atoms with Crippen LogP contribution in [-0.4, -0.2) is 75.0 Å². The van der Waals surface area contributed by atoms with E-state index in [1.54, 1.807) is 4.90 Å². The van der Waals surface area contributed by atoms with Gasteiger partial charge < -0.3 is 25.0 Å². The minimum Gasteiger partial charge on any atom is -0.361 e. The quantitative estimate of drug-likeness (QED) is 0.173. The Kier molecular flexibility index (Phi) is 9.62. The number of halogens is 1. The number of aromatic amines is 1. The third-order valence-electron chi connectivity index (χ3n) is 9.74. The van der Waals surface area contributed by atoms with Crippen molar-refractivity contribution >= 4 is 52.1 Å². The lowest BCUT2D eigenvalue weighted by Crippen LogP contribution is -2.58. The molecule has 7 rings (SSSR count). The highest BCUT2D eigenvalue weighted by Crippen LogP contribution is 2.55. The highest BCUT2D eigenvalue weighted by atomic mass is 35.5. The maximum absolute atomic E-state index is 15.2. The third-order valence-corrected chi connectivity index (χ3v) is 11.4. The summed E-state index contributed by atoms with van der Waals surface area (Å²) in [5, 5.41) is 4.39. The Morgan fingerprint density at radius 1 is 0.900 bits per heavy atom. The first-order valence-corrected chi connectivity index (χ1v) is 18.2. The molecular formula is C40H40ClN5O3S. The van der Waals surface area contributed by atoms with Gasteiger partial charge in [0.15, 0.2) is 0 Å². The maximum atomic E-state index is 15.2. The van der Waals surface area contributed by atoms with Crippen molar-refractivity contribution < 1.29 is 14.4 Å². The molecule has 5 aromatic rings. The molecule has 2 atom stereocenters. The molecule has 0 saturated carbocycles. The summed E-state index contributed by atoms with van der Waals surface area (Å²) in [5.41, 5.74) is 6.03. The molecule has 2 fully saturated rings. The summed E-state index contributed by atoms with van der Waals surface area (Å²) in [5.74, 6) is -0.179. The summed E-state index contributed by atoms with van der Waals surface area (Å²) < 4.78 is -1.18. The van der Waals surface area contributed by atoms with Gasteiger partial charge >= 0.3 is 6.03 Å².